The van der Waals surface area contributed by atoms with Crippen molar-refractivity contribution in [2.45, 2.75) is 0 Å². The van der Waals surface area contributed by atoms with E-state index in [1.165, 1.54) is 0 Å². The maximum Gasteiger partial charge on any atom is 0.0608 e. The lowest BCUT2D eigenvalue weighted by Gasteiger charge is -2.25. The number of morpholine rings is 1. The fourth-order valence-electron chi connectivity index (χ4n) is 0.784. The number of hydrogen-bond donors (Lipinski definition) is 1. The summed E-state index contributed by atoms with van der Waals surface area (Å²) in [5, 5.41) is 2.16. The summed E-state index contributed by atoms with van der Waals surface area (Å²) in [6.45, 7) is 3.71. The first-order chi connectivity index (χ1) is 4.43. The van der Waals surface area contributed by atoms with Crippen molar-refractivity contribution in [1.82, 2.24) is 9.84 Å². The SMILES string of the molecule is CSNN1CCOCC1. The van der Waals surface area contributed by atoms with Gasteiger partial charge in [-0.3, -0.25) is 0 Å². The van der Waals surface area contributed by atoms with Gasteiger partial charge < -0.3 is 4.74 Å². The normalized spacial score (nSPS) is 22.3. The van der Waals surface area contributed by atoms with E-state index in [9.17, 15) is 0 Å². The molecule has 0 aliphatic carbocycles. The number of rotatable bonds is 2. The molecule has 0 saturated carbocycles. The Morgan fingerprint density at radius 2 is 2.11 bits per heavy atom. The first-order valence-electron chi connectivity index (χ1n) is 3.05. The van der Waals surface area contributed by atoms with E-state index < -0.39 is 0 Å². The third kappa shape index (κ3) is 2.53. The lowest BCUT2D eigenvalue weighted by Crippen LogP contribution is -2.42. The maximum atomic E-state index is 5.16. The van der Waals surface area contributed by atoms with Crippen LogP contribution in [0.5, 0.6) is 0 Å². The minimum absolute atomic E-state index is 0.855. The van der Waals surface area contributed by atoms with Crippen LogP contribution >= 0.6 is 11.9 Å². The number of nitrogens with one attached hydrogen (secondary N) is 1. The van der Waals surface area contributed by atoms with Gasteiger partial charge in [-0.15, -0.1) is 0 Å². The molecular formula is C5H12N2OS. The summed E-state index contributed by atoms with van der Waals surface area (Å²) in [5.74, 6) is 0. The second-order valence-corrected chi connectivity index (χ2v) is 2.49. The van der Waals surface area contributed by atoms with Gasteiger partial charge in [0.2, 0.25) is 0 Å². The smallest absolute Gasteiger partial charge is 0.0608 e. The van der Waals surface area contributed by atoms with Crippen LogP contribution in [-0.2, 0) is 4.74 Å². The Morgan fingerprint density at radius 3 is 2.67 bits per heavy atom. The minimum atomic E-state index is 0.855. The highest BCUT2D eigenvalue weighted by molar-refractivity contribution is 7.96. The fourth-order valence-corrected chi connectivity index (χ4v) is 1.22. The van der Waals surface area contributed by atoms with Gasteiger partial charge in [0.25, 0.3) is 0 Å². The van der Waals surface area contributed by atoms with Crippen molar-refractivity contribution >= 4 is 11.9 Å². The molecule has 0 unspecified atom stereocenters. The molecule has 0 spiro atoms. The number of nitrogens with zero attached hydrogens (tertiary/aromatic N) is 1. The summed E-state index contributed by atoms with van der Waals surface area (Å²) in [6, 6.07) is 0. The Morgan fingerprint density at radius 1 is 1.44 bits per heavy atom. The van der Waals surface area contributed by atoms with Gasteiger partial charge in [0.1, 0.15) is 0 Å². The highest BCUT2D eigenvalue weighted by Crippen LogP contribution is 1.95. The summed E-state index contributed by atoms with van der Waals surface area (Å²) in [7, 11) is 0. The fraction of sp³-hybridized carbons (Fsp3) is 1.00. The van der Waals surface area contributed by atoms with Crippen LogP contribution in [0.4, 0.5) is 0 Å². The van der Waals surface area contributed by atoms with E-state index in [0.717, 1.165) is 26.3 Å². The predicted octanol–water partition coefficient (Wildman–Crippen LogP) is 0.101. The quantitative estimate of drug-likeness (QED) is 0.561. The molecule has 1 N–H and O–H groups in total. The molecule has 54 valence electrons. The molecule has 0 aromatic rings. The largest absolute Gasteiger partial charge is 0.379 e. The van der Waals surface area contributed by atoms with Crippen LogP contribution in [0.15, 0.2) is 0 Å². The molecule has 0 bridgehead atoms. The summed E-state index contributed by atoms with van der Waals surface area (Å²) < 4.78 is 5.16. The lowest BCUT2D eigenvalue weighted by atomic mass is 10.5. The van der Waals surface area contributed by atoms with Crippen LogP contribution < -0.4 is 4.83 Å². The second-order valence-electron chi connectivity index (χ2n) is 1.89. The van der Waals surface area contributed by atoms with E-state index >= 15 is 0 Å². The molecule has 0 aromatic carbocycles. The average molecular weight is 148 g/mol. The van der Waals surface area contributed by atoms with Crippen LogP contribution in [0.25, 0.3) is 0 Å². The summed E-state index contributed by atoms with van der Waals surface area (Å²) in [5.41, 5.74) is 0. The van der Waals surface area contributed by atoms with Crippen molar-refractivity contribution in [3.8, 4) is 0 Å². The van der Waals surface area contributed by atoms with Gasteiger partial charge in [-0.1, -0.05) is 11.9 Å². The van der Waals surface area contributed by atoms with Gasteiger partial charge in [-0.25, -0.2) is 5.01 Å². The standard InChI is InChI=1S/C5H12N2OS/c1-9-6-7-2-4-8-5-3-7/h6H,2-5H2,1H3. The Hall–Kier alpha value is 0.230. The predicted molar refractivity (Wildman–Crippen MR) is 39.0 cm³/mol. The van der Waals surface area contributed by atoms with E-state index in [1.807, 2.05) is 6.26 Å². The van der Waals surface area contributed by atoms with E-state index in [1.54, 1.807) is 11.9 Å². The van der Waals surface area contributed by atoms with Crippen LogP contribution in [0.3, 0.4) is 0 Å². The minimum Gasteiger partial charge on any atom is -0.379 e. The zero-order valence-electron chi connectivity index (χ0n) is 5.59. The molecular weight excluding hydrogens is 136 g/mol. The van der Waals surface area contributed by atoms with Gasteiger partial charge >= 0.3 is 0 Å². The van der Waals surface area contributed by atoms with Crippen molar-refractivity contribution < 1.29 is 4.74 Å². The zero-order valence-corrected chi connectivity index (χ0v) is 6.41. The first kappa shape index (κ1) is 7.34. The summed E-state index contributed by atoms with van der Waals surface area (Å²) in [6.07, 6.45) is 2.02. The first-order valence-corrected chi connectivity index (χ1v) is 4.27. The Labute approximate surface area is 59.8 Å². The maximum absolute atomic E-state index is 5.16. The lowest BCUT2D eigenvalue weighted by molar-refractivity contribution is 0.0290. The van der Waals surface area contributed by atoms with Gasteiger partial charge in [0, 0.05) is 13.1 Å². The molecule has 9 heavy (non-hydrogen) atoms. The van der Waals surface area contributed by atoms with E-state index in [-0.39, 0.29) is 0 Å². The second kappa shape index (κ2) is 4.11. The molecule has 1 aliphatic rings. The number of hydrazine groups is 1. The molecule has 1 saturated heterocycles. The Bertz CT molecular complexity index is 72.6. The molecule has 0 amide bonds. The van der Waals surface area contributed by atoms with Crippen molar-refractivity contribution in [2.75, 3.05) is 32.6 Å². The van der Waals surface area contributed by atoms with Crippen LogP contribution in [0.2, 0.25) is 0 Å². The third-order valence-electron chi connectivity index (χ3n) is 1.23. The highest BCUT2D eigenvalue weighted by atomic mass is 32.2. The van der Waals surface area contributed by atoms with Crippen LogP contribution in [0.1, 0.15) is 0 Å². The average Bonchev–Trinajstić information content (AvgIpc) is 1.91. The van der Waals surface area contributed by atoms with Crippen molar-refractivity contribution in [1.29, 1.82) is 0 Å². The van der Waals surface area contributed by atoms with E-state index in [0.29, 0.717) is 0 Å². The van der Waals surface area contributed by atoms with Gasteiger partial charge in [-0.05, 0) is 6.26 Å². The zero-order chi connectivity index (χ0) is 6.53. The topological polar surface area (TPSA) is 24.5 Å². The molecule has 0 aromatic heterocycles. The van der Waals surface area contributed by atoms with Gasteiger partial charge in [-0.2, -0.15) is 4.83 Å². The molecule has 1 aliphatic heterocycles. The molecule has 4 heteroatoms. The number of hydrogen-bond acceptors (Lipinski definition) is 4. The molecule has 0 atom stereocenters. The Balaban J connectivity index is 2.08. The third-order valence-corrected chi connectivity index (χ3v) is 1.67. The summed E-state index contributed by atoms with van der Waals surface area (Å²) >= 11 is 1.63. The molecule has 1 fully saturated rings. The monoisotopic (exact) mass is 148 g/mol. The van der Waals surface area contributed by atoms with Gasteiger partial charge in [0.15, 0.2) is 0 Å². The van der Waals surface area contributed by atoms with Crippen molar-refractivity contribution in [3.63, 3.8) is 0 Å². The number of ether oxygens (including phenoxy) is 1. The summed E-state index contributed by atoms with van der Waals surface area (Å²) in [4.78, 5) is 3.15. The molecule has 1 rings (SSSR count). The van der Waals surface area contributed by atoms with E-state index in [4.69, 9.17) is 4.74 Å². The van der Waals surface area contributed by atoms with Gasteiger partial charge in [0.05, 0.1) is 13.2 Å². The van der Waals surface area contributed by atoms with Crippen LogP contribution in [-0.4, -0.2) is 37.6 Å². The van der Waals surface area contributed by atoms with E-state index in [2.05, 4.69) is 9.84 Å². The molecule has 3 nitrogen and oxygen atoms in total. The molecule has 1 heterocycles. The Kier molecular flexibility index (Phi) is 3.35. The van der Waals surface area contributed by atoms with Crippen LogP contribution in [0, 0.1) is 0 Å². The van der Waals surface area contributed by atoms with Crippen molar-refractivity contribution in [2.24, 2.45) is 0 Å². The highest BCUT2D eigenvalue weighted by Gasteiger charge is 2.07. The molecule has 0 radical (unpaired) electrons. The van der Waals surface area contributed by atoms with Crippen molar-refractivity contribution in [3.05, 3.63) is 0 Å².